The quantitative estimate of drug-likeness (QED) is 0.363. The number of benzene rings is 2. The van der Waals surface area contributed by atoms with E-state index in [1.807, 2.05) is 24.3 Å². The van der Waals surface area contributed by atoms with Gasteiger partial charge >= 0.3 is 0 Å². The summed E-state index contributed by atoms with van der Waals surface area (Å²) in [7, 11) is 2.81. The van der Waals surface area contributed by atoms with Gasteiger partial charge in [0.2, 0.25) is 0 Å². The lowest BCUT2D eigenvalue weighted by Gasteiger charge is -2.29. The number of aromatic nitrogens is 1. The summed E-state index contributed by atoms with van der Waals surface area (Å²) < 4.78 is 16.8. The van der Waals surface area contributed by atoms with Crippen LogP contribution in [0.1, 0.15) is 10.4 Å². The van der Waals surface area contributed by atoms with Gasteiger partial charge in [-0.1, -0.05) is 23.5 Å². The number of nitro benzene ring substituents is 1. The lowest BCUT2D eigenvalue weighted by atomic mass is 10.1. The molecule has 1 saturated heterocycles. The lowest BCUT2D eigenvalue weighted by Crippen LogP contribution is -2.43. The van der Waals surface area contributed by atoms with Gasteiger partial charge in [0.1, 0.15) is 5.56 Å². The summed E-state index contributed by atoms with van der Waals surface area (Å²) in [6.45, 7) is 3.71. The number of fused-ring (bicyclic) bond motifs is 1. The molecule has 1 fully saturated rings. The van der Waals surface area contributed by atoms with Crippen molar-refractivity contribution in [2.75, 3.05) is 58.5 Å². The van der Waals surface area contributed by atoms with Crippen molar-refractivity contribution < 1.29 is 23.9 Å². The summed E-state index contributed by atoms with van der Waals surface area (Å²) in [6, 6.07) is 10.2. The number of nitro groups is 1. The molecule has 0 aliphatic carbocycles. The predicted molar refractivity (Wildman–Crippen MR) is 125 cm³/mol. The molecule has 1 aliphatic heterocycles. The van der Waals surface area contributed by atoms with Gasteiger partial charge in [-0.05, 0) is 12.1 Å². The maximum absolute atomic E-state index is 13.7. The van der Waals surface area contributed by atoms with Crippen LogP contribution < -0.4 is 14.4 Å². The van der Waals surface area contributed by atoms with E-state index in [4.69, 9.17) is 14.2 Å². The fourth-order valence-electron chi connectivity index (χ4n) is 3.66. The van der Waals surface area contributed by atoms with Crippen molar-refractivity contribution in [2.45, 2.75) is 0 Å². The number of carbonyl (C=O) groups is 1. The van der Waals surface area contributed by atoms with Crippen LogP contribution in [0.25, 0.3) is 10.2 Å². The SMILES string of the molecule is COc1cc(C(=O)N(CCN2CCOCC2)c2nc3ccccc3s2)c([N+](=O)[O-])cc1OC. The van der Waals surface area contributed by atoms with E-state index in [2.05, 4.69) is 9.88 Å². The van der Waals surface area contributed by atoms with Crippen molar-refractivity contribution in [3.8, 4) is 11.5 Å². The molecule has 2 aromatic carbocycles. The first-order valence-electron chi connectivity index (χ1n) is 10.4. The van der Waals surface area contributed by atoms with Crippen molar-refractivity contribution in [2.24, 2.45) is 0 Å². The van der Waals surface area contributed by atoms with Gasteiger partial charge < -0.3 is 14.2 Å². The Balaban J connectivity index is 1.74. The second-order valence-electron chi connectivity index (χ2n) is 7.36. The number of hydrogen-bond acceptors (Lipinski definition) is 9. The third kappa shape index (κ3) is 4.90. The zero-order valence-electron chi connectivity index (χ0n) is 18.4. The maximum atomic E-state index is 13.7. The van der Waals surface area contributed by atoms with Crippen molar-refractivity contribution in [3.63, 3.8) is 0 Å². The molecule has 0 radical (unpaired) electrons. The summed E-state index contributed by atoms with van der Waals surface area (Å²) in [5.41, 5.74) is 0.331. The second kappa shape index (κ2) is 10.1. The summed E-state index contributed by atoms with van der Waals surface area (Å²) in [5, 5.41) is 12.3. The fraction of sp³-hybridized carbons (Fsp3) is 0.364. The number of methoxy groups -OCH3 is 2. The van der Waals surface area contributed by atoms with E-state index in [9.17, 15) is 14.9 Å². The smallest absolute Gasteiger partial charge is 0.286 e. The molecule has 0 saturated carbocycles. The third-order valence-electron chi connectivity index (χ3n) is 5.43. The Kier molecular flexibility index (Phi) is 7.02. The topological polar surface area (TPSA) is 107 Å². The van der Waals surface area contributed by atoms with Gasteiger partial charge in [0, 0.05) is 32.2 Å². The number of carbonyl (C=O) groups excluding carboxylic acids is 1. The van der Waals surface area contributed by atoms with E-state index in [1.165, 1.54) is 42.6 Å². The molecule has 4 rings (SSSR count). The van der Waals surface area contributed by atoms with Crippen LogP contribution in [0.2, 0.25) is 0 Å². The van der Waals surface area contributed by atoms with Crippen molar-refractivity contribution in [1.82, 2.24) is 9.88 Å². The van der Waals surface area contributed by atoms with Gasteiger partial charge in [-0.2, -0.15) is 0 Å². The van der Waals surface area contributed by atoms with Crippen LogP contribution in [0.3, 0.4) is 0 Å². The molecule has 0 unspecified atom stereocenters. The number of rotatable bonds is 8. The van der Waals surface area contributed by atoms with E-state index in [0.29, 0.717) is 31.4 Å². The number of thiazole rings is 1. The van der Waals surface area contributed by atoms with Gasteiger partial charge in [0.05, 0.1) is 48.6 Å². The van der Waals surface area contributed by atoms with Crippen LogP contribution >= 0.6 is 11.3 Å². The van der Waals surface area contributed by atoms with Gasteiger partial charge in [-0.3, -0.25) is 24.7 Å². The maximum Gasteiger partial charge on any atom is 0.286 e. The first-order chi connectivity index (χ1) is 16.0. The average molecular weight is 473 g/mol. The van der Waals surface area contributed by atoms with Crippen LogP contribution in [-0.2, 0) is 4.74 Å². The number of amides is 1. The minimum atomic E-state index is -0.590. The van der Waals surface area contributed by atoms with Crippen LogP contribution in [0.15, 0.2) is 36.4 Å². The summed E-state index contributed by atoms with van der Waals surface area (Å²) >= 11 is 1.37. The van der Waals surface area contributed by atoms with Gasteiger partial charge in [0.15, 0.2) is 16.6 Å². The summed E-state index contributed by atoms with van der Waals surface area (Å²) in [6.07, 6.45) is 0. The Labute approximate surface area is 194 Å². The highest BCUT2D eigenvalue weighted by molar-refractivity contribution is 7.22. The van der Waals surface area contributed by atoms with Gasteiger partial charge in [-0.15, -0.1) is 0 Å². The molecule has 174 valence electrons. The highest BCUT2D eigenvalue weighted by Gasteiger charge is 2.30. The van der Waals surface area contributed by atoms with Crippen LogP contribution in [-0.4, -0.2) is 74.3 Å². The normalized spacial score (nSPS) is 14.2. The molecule has 1 aliphatic rings. The van der Waals surface area contributed by atoms with E-state index in [0.717, 1.165) is 23.3 Å². The molecule has 1 amide bonds. The standard InChI is InChI=1S/C22H24N4O6S/c1-30-18-13-15(17(26(28)29)14-19(18)31-2)21(27)25(8-7-24-9-11-32-12-10-24)22-23-16-5-3-4-6-20(16)33-22/h3-6,13-14H,7-12H2,1-2H3. The molecule has 33 heavy (non-hydrogen) atoms. The van der Waals surface area contributed by atoms with Crippen molar-refractivity contribution >= 4 is 38.3 Å². The van der Waals surface area contributed by atoms with E-state index >= 15 is 0 Å². The Morgan fingerprint density at radius 2 is 1.91 bits per heavy atom. The zero-order valence-corrected chi connectivity index (χ0v) is 19.2. The first kappa shape index (κ1) is 22.9. The predicted octanol–water partition coefficient (Wildman–Crippen LogP) is 3.20. The second-order valence-corrected chi connectivity index (χ2v) is 8.37. The van der Waals surface area contributed by atoms with E-state index in [1.54, 1.807) is 0 Å². The number of ether oxygens (including phenoxy) is 3. The highest BCUT2D eigenvalue weighted by Crippen LogP contribution is 2.37. The number of nitrogens with zero attached hydrogens (tertiary/aromatic N) is 4. The molecule has 10 nitrogen and oxygen atoms in total. The molecule has 1 aromatic heterocycles. The Morgan fingerprint density at radius 1 is 1.21 bits per heavy atom. The van der Waals surface area contributed by atoms with E-state index in [-0.39, 0.29) is 22.7 Å². The minimum absolute atomic E-state index is 0.0844. The highest BCUT2D eigenvalue weighted by atomic mass is 32.1. The molecule has 11 heteroatoms. The first-order valence-corrected chi connectivity index (χ1v) is 11.2. The Hall–Kier alpha value is -3.28. The summed E-state index contributed by atoms with van der Waals surface area (Å²) in [5.74, 6) is -0.0977. The third-order valence-corrected chi connectivity index (χ3v) is 6.49. The number of para-hydroxylation sites is 1. The Morgan fingerprint density at radius 3 is 2.58 bits per heavy atom. The lowest BCUT2D eigenvalue weighted by molar-refractivity contribution is -0.385. The van der Waals surface area contributed by atoms with Gasteiger partial charge in [-0.25, -0.2) is 4.98 Å². The molecular weight excluding hydrogens is 448 g/mol. The number of hydrogen-bond donors (Lipinski definition) is 0. The van der Waals surface area contributed by atoms with E-state index < -0.39 is 10.8 Å². The number of morpholine rings is 1. The molecule has 0 spiro atoms. The Bertz CT molecular complexity index is 1130. The van der Waals surface area contributed by atoms with Crippen LogP contribution in [0.4, 0.5) is 10.8 Å². The zero-order chi connectivity index (χ0) is 23.4. The molecule has 0 atom stereocenters. The van der Waals surface area contributed by atoms with Crippen molar-refractivity contribution in [3.05, 3.63) is 52.1 Å². The molecule has 0 N–H and O–H groups in total. The minimum Gasteiger partial charge on any atom is -0.493 e. The largest absolute Gasteiger partial charge is 0.493 e. The average Bonchev–Trinajstić information content (AvgIpc) is 3.27. The number of anilines is 1. The summed E-state index contributed by atoms with van der Waals surface area (Å²) in [4.78, 5) is 33.3. The molecule has 0 bridgehead atoms. The fourth-order valence-corrected chi connectivity index (χ4v) is 4.65. The van der Waals surface area contributed by atoms with Crippen LogP contribution in [0.5, 0.6) is 11.5 Å². The van der Waals surface area contributed by atoms with Crippen LogP contribution in [0, 0.1) is 10.1 Å². The van der Waals surface area contributed by atoms with Gasteiger partial charge in [0.25, 0.3) is 11.6 Å². The molecule has 2 heterocycles. The van der Waals surface area contributed by atoms with Crippen molar-refractivity contribution in [1.29, 1.82) is 0 Å². The molecular formula is C22H24N4O6S. The monoisotopic (exact) mass is 472 g/mol. The molecule has 3 aromatic rings.